The van der Waals surface area contributed by atoms with Gasteiger partial charge >= 0.3 is 5.97 Å². The first-order chi connectivity index (χ1) is 11.0. The fraction of sp³-hybridized carbons (Fsp3) is 0.412. The highest BCUT2D eigenvalue weighted by molar-refractivity contribution is 7.18. The summed E-state index contributed by atoms with van der Waals surface area (Å²) in [5.74, 6) is -0.428. The van der Waals surface area contributed by atoms with Crippen LogP contribution in [-0.4, -0.2) is 30.1 Å². The van der Waals surface area contributed by atoms with Gasteiger partial charge in [0.15, 0.2) is 15.2 Å². The minimum atomic E-state index is -0.428. The van der Waals surface area contributed by atoms with Gasteiger partial charge in [-0.3, -0.25) is 0 Å². The van der Waals surface area contributed by atoms with E-state index in [0.29, 0.717) is 4.88 Å². The van der Waals surface area contributed by atoms with Gasteiger partial charge in [-0.15, -0.1) is 0 Å². The van der Waals surface area contributed by atoms with Crippen LogP contribution in [0, 0.1) is 0 Å². The molecule has 1 aliphatic rings. The number of methoxy groups -OCH3 is 1. The van der Waals surface area contributed by atoms with Gasteiger partial charge in [-0.2, -0.15) is 0 Å². The van der Waals surface area contributed by atoms with Crippen molar-refractivity contribution in [3.8, 4) is 0 Å². The van der Waals surface area contributed by atoms with Crippen LogP contribution in [-0.2, 0) is 11.2 Å². The SMILES string of the molecule is COC(=O)c1sc(N2CCC[C@@]2(C)Cc2ccccc2)nc1Cl. The summed E-state index contributed by atoms with van der Waals surface area (Å²) in [4.78, 5) is 18.8. The van der Waals surface area contributed by atoms with Gasteiger partial charge < -0.3 is 9.64 Å². The number of ether oxygens (including phenoxy) is 1. The van der Waals surface area contributed by atoms with Crippen LogP contribution in [0.5, 0.6) is 0 Å². The molecule has 1 fully saturated rings. The lowest BCUT2D eigenvalue weighted by Crippen LogP contribution is -2.43. The average molecular weight is 351 g/mol. The van der Waals surface area contributed by atoms with E-state index in [4.69, 9.17) is 16.3 Å². The van der Waals surface area contributed by atoms with Crippen LogP contribution in [0.2, 0.25) is 5.15 Å². The quantitative estimate of drug-likeness (QED) is 0.775. The monoisotopic (exact) mass is 350 g/mol. The summed E-state index contributed by atoms with van der Waals surface area (Å²) >= 11 is 7.43. The molecule has 1 aromatic heterocycles. The fourth-order valence-corrected chi connectivity index (χ4v) is 4.55. The summed E-state index contributed by atoms with van der Waals surface area (Å²) in [7, 11) is 1.35. The summed E-state index contributed by atoms with van der Waals surface area (Å²) in [5.41, 5.74) is 1.29. The van der Waals surface area contributed by atoms with Crippen molar-refractivity contribution in [3.05, 3.63) is 45.9 Å². The molecule has 0 radical (unpaired) electrons. The van der Waals surface area contributed by atoms with E-state index >= 15 is 0 Å². The summed E-state index contributed by atoms with van der Waals surface area (Å²) < 4.78 is 4.77. The molecule has 23 heavy (non-hydrogen) atoms. The first-order valence-corrected chi connectivity index (χ1v) is 8.79. The second-order valence-corrected chi connectivity index (χ2v) is 7.36. The molecule has 0 saturated carbocycles. The van der Waals surface area contributed by atoms with Crippen molar-refractivity contribution < 1.29 is 9.53 Å². The number of halogens is 1. The maximum absolute atomic E-state index is 11.8. The van der Waals surface area contributed by atoms with Crippen LogP contribution >= 0.6 is 22.9 Å². The zero-order chi connectivity index (χ0) is 16.4. The molecule has 1 aromatic carbocycles. The van der Waals surface area contributed by atoms with Crippen molar-refractivity contribution in [1.29, 1.82) is 0 Å². The minimum absolute atomic E-state index is 0.0179. The zero-order valence-corrected chi connectivity index (χ0v) is 14.8. The average Bonchev–Trinajstić information content (AvgIpc) is 3.10. The van der Waals surface area contributed by atoms with E-state index in [2.05, 4.69) is 41.1 Å². The second kappa shape index (κ2) is 6.49. The highest BCUT2D eigenvalue weighted by Crippen LogP contribution is 2.40. The Hall–Kier alpha value is -1.59. The van der Waals surface area contributed by atoms with Crippen molar-refractivity contribution in [2.24, 2.45) is 0 Å². The highest BCUT2D eigenvalue weighted by Gasteiger charge is 2.39. The van der Waals surface area contributed by atoms with Gasteiger partial charge in [0.05, 0.1) is 7.11 Å². The molecule has 0 amide bonds. The number of nitrogens with zero attached hydrogens (tertiary/aromatic N) is 2. The Kier molecular flexibility index (Phi) is 4.60. The summed E-state index contributed by atoms with van der Waals surface area (Å²) in [6.45, 7) is 3.17. The number of thiazole rings is 1. The normalized spacial score (nSPS) is 20.7. The number of esters is 1. The van der Waals surface area contributed by atoms with E-state index in [1.807, 2.05) is 6.07 Å². The lowest BCUT2D eigenvalue weighted by molar-refractivity contribution is 0.0606. The van der Waals surface area contributed by atoms with Gasteiger partial charge in [0.25, 0.3) is 0 Å². The Morgan fingerprint density at radius 2 is 2.17 bits per heavy atom. The maximum atomic E-state index is 11.8. The first kappa shape index (κ1) is 16.3. The molecule has 6 heteroatoms. The molecule has 0 aliphatic carbocycles. The van der Waals surface area contributed by atoms with E-state index in [0.717, 1.165) is 30.9 Å². The van der Waals surface area contributed by atoms with Crippen molar-refractivity contribution >= 4 is 34.0 Å². The van der Waals surface area contributed by atoms with E-state index in [9.17, 15) is 4.79 Å². The van der Waals surface area contributed by atoms with Crippen LogP contribution in [0.3, 0.4) is 0 Å². The highest BCUT2D eigenvalue weighted by atomic mass is 35.5. The van der Waals surface area contributed by atoms with Gasteiger partial charge in [0.2, 0.25) is 0 Å². The first-order valence-electron chi connectivity index (χ1n) is 7.60. The molecular weight excluding hydrogens is 332 g/mol. The van der Waals surface area contributed by atoms with Crippen LogP contribution in [0.4, 0.5) is 5.13 Å². The standard InChI is InChI=1S/C17H19ClN2O2S/c1-17(11-12-7-4-3-5-8-12)9-6-10-20(17)16-19-14(18)13(23-16)15(21)22-2/h3-5,7-8H,6,9-11H2,1-2H3/t17-/m0/s1. The second-order valence-electron chi connectivity index (χ2n) is 6.02. The van der Waals surface area contributed by atoms with Crippen LogP contribution < -0.4 is 4.90 Å². The lowest BCUT2D eigenvalue weighted by atomic mass is 9.90. The number of aromatic nitrogens is 1. The molecule has 0 unspecified atom stereocenters. The fourth-order valence-electron chi connectivity index (χ4n) is 3.19. The molecule has 2 heterocycles. The zero-order valence-electron chi connectivity index (χ0n) is 13.2. The molecule has 122 valence electrons. The maximum Gasteiger partial charge on any atom is 0.351 e. The van der Waals surface area contributed by atoms with E-state index < -0.39 is 5.97 Å². The third-order valence-electron chi connectivity index (χ3n) is 4.35. The topological polar surface area (TPSA) is 42.4 Å². The molecule has 1 atom stereocenters. The molecule has 0 spiro atoms. The predicted octanol–water partition coefficient (Wildman–Crippen LogP) is 4.18. The minimum Gasteiger partial charge on any atom is -0.465 e. The summed E-state index contributed by atoms with van der Waals surface area (Å²) in [6, 6.07) is 10.5. The molecular formula is C17H19ClN2O2S. The van der Waals surface area contributed by atoms with Gasteiger partial charge in [-0.1, -0.05) is 53.3 Å². The summed E-state index contributed by atoms with van der Waals surface area (Å²) in [5, 5.41) is 1.03. The number of anilines is 1. The molecule has 1 aliphatic heterocycles. The molecule has 2 aromatic rings. The van der Waals surface area contributed by atoms with Crippen LogP contribution in [0.25, 0.3) is 0 Å². The Labute approximate surface area is 145 Å². The molecule has 4 nitrogen and oxygen atoms in total. The number of rotatable bonds is 4. The third-order valence-corrected chi connectivity index (χ3v) is 5.80. The van der Waals surface area contributed by atoms with E-state index in [1.165, 1.54) is 24.0 Å². The lowest BCUT2D eigenvalue weighted by Gasteiger charge is -2.35. The number of benzene rings is 1. The number of carbonyl (C=O) groups excluding carboxylic acids is 1. The molecule has 3 rings (SSSR count). The molecule has 0 N–H and O–H groups in total. The predicted molar refractivity (Wildman–Crippen MR) is 93.6 cm³/mol. The molecule has 0 bridgehead atoms. The van der Waals surface area contributed by atoms with Crippen molar-refractivity contribution in [2.75, 3.05) is 18.6 Å². The van der Waals surface area contributed by atoms with Crippen molar-refractivity contribution in [2.45, 2.75) is 31.7 Å². The van der Waals surface area contributed by atoms with Gasteiger partial charge in [-0.05, 0) is 31.7 Å². The van der Waals surface area contributed by atoms with Crippen LogP contribution in [0.15, 0.2) is 30.3 Å². The Balaban J connectivity index is 1.88. The van der Waals surface area contributed by atoms with Crippen molar-refractivity contribution in [3.63, 3.8) is 0 Å². The number of hydrogen-bond donors (Lipinski definition) is 0. The Morgan fingerprint density at radius 3 is 2.87 bits per heavy atom. The smallest absolute Gasteiger partial charge is 0.351 e. The van der Waals surface area contributed by atoms with Gasteiger partial charge in [-0.25, -0.2) is 9.78 Å². The molecule has 1 saturated heterocycles. The Morgan fingerprint density at radius 1 is 1.43 bits per heavy atom. The van der Waals surface area contributed by atoms with E-state index in [-0.39, 0.29) is 10.7 Å². The Bertz CT molecular complexity index is 704. The largest absolute Gasteiger partial charge is 0.465 e. The third kappa shape index (κ3) is 3.21. The van der Waals surface area contributed by atoms with E-state index in [1.54, 1.807) is 0 Å². The van der Waals surface area contributed by atoms with Crippen LogP contribution in [0.1, 0.15) is 35.0 Å². The number of hydrogen-bond acceptors (Lipinski definition) is 5. The van der Waals surface area contributed by atoms with Gasteiger partial charge in [0, 0.05) is 12.1 Å². The van der Waals surface area contributed by atoms with Crippen molar-refractivity contribution in [1.82, 2.24) is 4.98 Å². The summed E-state index contributed by atoms with van der Waals surface area (Å²) in [6.07, 6.45) is 3.14. The van der Waals surface area contributed by atoms with Gasteiger partial charge in [0.1, 0.15) is 0 Å². The number of carbonyl (C=O) groups is 1.